The molecule has 0 aromatic heterocycles. The quantitative estimate of drug-likeness (QED) is 0.804. The van der Waals surface area contributed by atoms with Gasteiger partial charge in [-0.15, -0.1) is 0 Å². The monoisotopic (exact) mass is 249 g/mol. The van der Waals surface area contributed by atoms with Crippen molar-refractivity contribution in [2.45, 2.75) is 13.1 Å². The molecule has 0 saturated carbocycles. The molecule has 0 spiro atoms. The molecule has 0 bridgehead atoms. The van der Waals surface area contributed by atoms with E-state index in [1.807, 2.05) is 0 Å². The Morgan fingerprint density at radius 1 is 1.47 bits per heavy atom. The van der Waals surface area contributed by atoms with Gasteiger partial charge in [0.25, 0.3) is 5.91 Å². The molecule has 0 radical (unpaired) electrons. The lowest BCUT2D eigenvalue weighted by Crippen LogP contribution is -2.29. The van der Waals surface area contributed by atoms with Crippen molar-refractivity contribution in [2.24, 2.45) is 0 Å². The number of alkyl halides is 3. The number of phenolic OH excluding ortho intramolecular Hbond substituents is 1. The first kappa shape index (κ1) is 13.3. The topological polar surface area (TPSA) is 58.6 Å². The summed E-state index contributed by atoms with van der Waals surface area (Å²) in [7, 11) is 0. The van der Waals surface area contributed by atoms with E-state index in [0.29, 0.717) is 0 Å². The number of hydroxylamine groups is 1. The number of hydrogen-bond acceptors (Lipinski definition) is 3. The summed E-state index contributed by atoms with van der Waals surface area (Å²) in [6, 6.07) is 4.15. The van der Waals surface area contributed by atoms with Crippen LogP contribution in [0.2, 0.25) is 0 Å². The Morgan fingerprint density at radius 3 is 2.65 bits per heavy atom. The minimum absolute atomic E-state index is 0.155. The lowest BCUT2D eigenvalue weighted by atomic mass is 10.1. The normalized spacial score (nSPS) is 11.3. The van der Waals surface area contributed by atoms with Gasteiger partial charge in [0.05, 0.1) is 5.56 Å². The molecule has 0 unspecified atom stereocenters. The predicted molar refractivity (Wildman–Crippen MR) is 52.3 cm³/mol. The fraction of sp³-hybridized carbons (Fsp3) is 0.300. The van der Waals surface area contributed by atoms with E-state index in [-0.39, 0.29) is 11.3 Å². The highest BCUT2D eigenvalue weighted by Crippen LogP contribution is 2.18. The fourth-order valence-electron chi connectivity index (χ4n) is 1.07. The van der Waals surface area contributed by atoms with Crippen molar-refractivity contribution in [1.82, 2.24) is 5.48 Å². The van der Waals surface area contributed by atoms with Crippen LogP contribution in [0.25, 0.3) is 0 Å². The molecule has 0 aliphatic carbocycles. The smallest absolute Gasteiger partial charge is 0.414 e. The van der Waals surface area contributed by atoms with Crippen LogP contribution in [0.3, 0.4) is 0 Å². The van der Waals surface area contributed by atoms with Crippen molar-refractivity contribution < 1.29 is 27.9 Å². The Labute approximate surface area is 95.0 Å². The first-order valence-corrected chi connectivity index (χ1v) is 4.58. The van der Waals surface area contributed by atoms with Gasteiger partial charge in [-0.2, -0.15) is 13.2 Å². The van der Waals surface area contributed by atoms with Crippen LogP contribution in [-0.2, 0) is 4.84 Å². The molecule has 0 atom stereocenters. The van der Waals surface area contributed by atoms with E-state index in [2.05, 4.69) is 4.84 Å². The van der Waals surface area contributed by atoms with Crippen LogP contribution in [-0.4, -0.2) is 23.8 Å². The summed E-state index contributed by atoms with van der Waals surface area (Å²) in [6.07, 6.45) is -4.53. The molecule has 1 rings (SSSR count). The average Bonchev–Trinajstić information content (AvgIpc) is 2.15. The van der Waals surface area contributed by atoms with E-state index >= 15 is 0 Å². The number of aromatic hydroxyl groups is 1. The third-order valence-electron chi connectivity index (χ3n) is 1.80. The lowest BCUT2D eigenvalue weighted by Gasteiger charge is -2.09. The van der Waals surface area contributed by atoms with E-state index in [4.69, 9.17) is 0 Å². The minimum Gasteiger partial charge on any atom is -0.507 e. The molecule has 0 saturated heterocycles. The molecular formula is C10H10F3NO3. The standard InChI is InChI=1S/C10H10F3NO3/c1-6-2-3-7(8(15)4-6)9(16)14-17-5-10(11,12)13/h2-4,15H,5H2,1H3,(H,14,16). The molecule has 2 N–H and O–H groups in total. The van der Waals surface area contributed by atoms with Gasteiger partial charge in [0.1, 0.15) is 5.75 Å². The number of nitrogens with one attached hydrogen (secondary N) is 1. The SMILES string of the molecule is Cc1ccc(C(=O)NOCC(F)(F)F)c(O)c1. The summed E-state index contributed by atoms with van der Waals surface area (Å²) in [5.41, 5.74) is 2.16. The molecular weight excluding hydrogens is 239 g/mol. The summed E-state index contributed by atoms with van der Waals surface area (Å²) in [4.78, 5) is 15.3. The maximum absolute atomic E-state index is 11.7. The molecule has 1 aromatic carbocycles. The van der Waals surface area contributed by atoms with Gasteiger partial charge in [-0.05, 0) is 24.6 Å². The number of carbonyl (C=O) groups is 1. The number of benzene rings is 1. The van der Waals surface area contributed by atoms with Gasteiger partial charge in [-0.3, -0.25) is 9.63 Å². The maximum Gasteiger partial charge on any atom is 0.414 e. The number of carbonyl (C=O) groups excluding carboxylic acids is 1. The number of rotatable bonds is 3. The summed E-state index contributed by atoms with van der Waals surface area (Å²) < 4.78 is 35.1. The zero-order valence-electron chi connectivity index (χ0n) is 8.84. The number of hydrogen-bond donors (Lipinski definition) is 2. The maximum atomic E-state index is 11.7. The van der Waals surface area contributed by atoms with Crippen molar-refractivity contribution in [1.29, 1.82) is 0 Å². The second kappa shape index (κ2) is 5.05. The molecule has 0 fully saturated rings. The van der Waals surface area contributed by atoms with Crippen molar-refractivity contribution in [2.75, 3.05) is 6.61 Å². The average molecular weight is 249 g/mol. The summed E-state index contributed by atoms with van der Waals surface area (Å²) in [5.74, 6) is -1.26. The largest absolute Gasteiger partial charge is 0.507 e. The predicted octanol–water partition coefficient (Wildman–Crippen LogP) is 1.92. The molecule has 0 heterocycles. The first-order chi connectivity index (χ1) is 7.79. The van der Waals surface area contributed by atoms with Gasteiger partial charge in [-0.1, -0.05) is 6.07 Å². The highest BCUT2D eigenvalue weighted by atomic mass is 19.4. The van der Waals surface area contributed by atoms with Gasteiger partial charge in [-0.25, -0.2) is 5.48 Å². The number of phenols is 1. The van der Waals surface area contributed by atoms with Crippen LogP contribution in [0, 0.1) is 6.92 Å². The number of amides is 1. The first-order valence-electron chi connectivity index (χ1n) is 4.58. The lowest BCUT2D eigenvalue weighted by molar-refractivity contribution is -0.184. The Balaban J connectivity index is 2.59. The summed E-state index contributed by atoms with van der Waals surface area (Å²) in [6.45, 7) is 0.104. The molecule has 4 nitrogen and oxygen atoms in total. The van der Waals surface area contributed by atoms with Crippen LogP contribution in [0.15, 0.2) is 18.2 Å². The third-order valence-corrected chi connectivity index (χ3v) is 1.80. The summed E-state index contributed by atoms with van der Waals surface area (Å²) >= 11 is 0. The van der Waals surface area contributed by atoms with E-state index in [9.17, 15) is 23.1 Å². The van der Waals surface area contributed by atoms with Gasteiger partial charge in [0, 0.05) is 0 Å². The van der Waals surface area contributed by atoms with Gasteiger partial charge < -0.3 is 5.11 Å². The molecule has 17 heavy (non-hydrogen) atoms. The molecule has 0 aliphatic rings. The second-order valence-corrected chi connectivity index (χ2v) is 3.36. The van der Waals surface area contributed by atoms with Gasteiger partial charge in [0.2, 0.25) is 0 Å². The molecule has 7 heteroatoms. The fourth-order valence-corrected chi connectivity index (χ4v) is 1.07. The van der Waals surface area contributed by atoms with Crippen molar-refractivity contribution in [3.63, 3.8) is 0 Å². The number of halogens is 3. The molecule has 1 amide bonds. The zero-order chi connectivity index (χ0) is 13.1. The zero-order valence-corrected chi connectivity index (χ0v) is 8.84. The number of aryl methyl sites for hydroxylation is 1. The van der Waals surface area contributed by atoms with Crippen molar-refractivity contribution >= 4 is 5.91 Å². The minimum atomic E-state index is -4.53. The molecule has 0 aliphatic heterocycles. The second-order valence-electron chi connectivity index (χ2n) is 3.36. The highest BCUT2D eigenvalue weighted by Gasteiger charge is 2.28. The van der Waals surface area contributed by atoms with Gasteiger partial charge >= 0.3 is 6.18 Å². The van der Waals surface area contributed by atoms with E-state index in [1.165, 1.54) is 12.1 Å². The Morgan fingerprint density at radius 2 is 2.12 bits per heavy atom. The van der Waals surface area contributed by atoms with Crippen LogP contribution in [0.5, 0.6) is 5.75 Å². The Kier molecular flexibility index (Phi) is 3.95. The van der Waals surface area contributed by atoms with Crippen LogP contribution in [0.1, 0.15) is 15.9 Å². The van der Waals surface area contributed by atoms with Crippen LogP contribution < -0.4 is 5.48 Å². The Hall–Kier alpha value is -1.76. The highest BCUT2D eigenvalue weighted by molar-refractivity contribution is 5.96. The third kappa shape index (κ3) is 4.31. The van der Waals surface area contributed by atoms with E-state index in [0.717, 1.165) is 5.56 Å². The molecule has 1 aromatic rings. The molecule has 94 valence electrons. The van der Waals surface area contributed by atoms with Crippen molar-refractivity contribution in [3.05, 3.63) is 29.3 Å². The van der Waals surface area contributed by atoms with Crippen LogP contribution in [0.4, 0.5) is 13.2 Å². The van der Waals surface area contributed by atoms with E-state index < -0.39 is 18.7 Å². The van der Waals surface area contributed by atoms with Crippen LogP contribution >= 0.6 is 0 Å². The van der Waals surface area contributed by atoms with Gasteiger partial charge in [0.15, 0.2) is 6.61 Å². The van der Waals surface area contributed by atoms with Crippen molar-refractivity contribution in [3.8, 4) is 5.75 Å². The van der Waals surface area contributed by atoms with E-state index in [1.54, 1.807) is 18.5 Å². The Bertz CT molecular complexity index is 418. The summed E-state index contributed by atoms with van der Waals surface area (Å²) in [5, 5.41) is 9.38.